The van der Waals surface area contributed by atoms with Crippen LogP contribution in [0.25, 0.3) is 0 Å². The molecule has 14 heavy (non-hydrogen) atoms. The molecule has 0 aromatic rings. The second kappa shape index (κ2) is 7.04. The quantitative estimate of drug-likeness (QED) is 0.623. The molecule has 1 aliphatic rings. The minimum absolute atomic E-state index is 0. The second-order valence-corrected chi connectivity index (χ2v) is 3.59. The zero-order chi connectivity index (χ0) is 9.68. The molecule has 1 rings (SSSR count). The molecule has 1 amide bonds. The van der Waals surface area contributed by atoms with Gasteiger partial charge in [0.2, 0.25) is 5.91 Å². The summed E-state index contributed by atoms with van der Waals surface area (Å²) in [6.07, 6.45) is 2.23. The number of amides is 1. The van der Waals surface area contributed by atoms with E-state index in [9.17, 15) is 4.79 Å². The van der Waals surface area contributed by atoms with E-state index in [2.05, 4.69) is 22.9 Å². The fourth-order valence-electron chi connectivity index (χ4n) is 1.66. The van der Waals surface area contributed by atoms with Crippen LogP contribution in [0.4, 0.5) is 0 Å². The predicted octanol–water partition coefficient (Wildman–Crippen LogP) is -0.116. The van der Waals surface area contributed by atoms with Crippen LogP contribution in [-0.4, -0.2) is 38.1 Å². The summed E-state index contributed by atoms with van der Waals surface area (Å²) in [6, 6.07) is 0.698. The van der Waals surface area contributed by atoms with E-state index in [1.54, 1.807) is 7.05 Å². The van der Waals surface area contributed by atoms with Crippen molar-refractivity contribution in [1.82, 2.24) is 16.0 Å². The summed E-state index contributed by atoms with van der Waals surface area (Å²) in [5.41, 5.74) is 0. The number of halogens is 1. The van der Waals surface area contributed by atoms with Crippen molar-refractivity contribution in [1.29, 1.82) is 0 Å². The molecule has 1 aliphatic heterocycles. The second-order valence-electron chi connectivity index (χ2n) is 3.59. The number of rotatable bonds is 3. The first kappa shape index (κ1) is 13.7. The zero-order valence-corrected chi connectivity index (χ0v) is 9.62. The van der Waals surface area contributed by atoms with Gasteiger partial charge in [-0.1, -0.05) is 0 Å². The Kier molecular flexibility index (Phi) is 6.87. The third kappa shape index (κ3) is 4.26. The monoisotopic (exact) mass is 221 g/mol. The summed E-state index contributed by atoms with van der Waals surface area (Å²) in [5, 5.41) is 9.19. The molecule has 0 saturated carbocycles. The first-order valence-electron chi connectivity index (χ1n) is 4.91. The number of nitrogens with one attached hydrogen (secondary N) is 3. The van der Waals surface area contributed by atoms with E-state index in [4.69, 9.17) is 0 Å². The van der Waals surface area contributed by atoms with Crippen molar-refractivity contribution in [3.63, 3.8) is 0 Å². The topological polar surface area (TPSA) is 53.2 Å². The van der Waals surface area contributed by atoms with E-state index < -0.39 is 0 Å². The minimum atomic E-state index is 0. The van der Waals surface area contributed by atoms with Crippen LogP contribution in [0.1, 0.15) is 19.8 Å². The van der Waals surface area contributed by atoms with E-state index in [0.717, 1.165) is 19.4 Å². The maximum absolute atomic E-state index is 11.3. The van der Waals surface area contributed by atoms with Crippen molar-refractivity contribution in [2.24, 2.45) is 0 Å². The molecule has 4 nitrogen and oxygen atoms in total. The van der Waals surface area contributed by atoms with Gasteiger partial charge in [0.05, 0.1) is 6.54 Å². The molecule has 1 heterocycles. The van der Waals surface area contributed by atoms with E-state index in [-0.39, 0.29) is 18.3 Å². The Hall–Kier alpha value is -0.320. The summed E-state index contributed by atoms with van der Waals surface area (Å²) in [6.45, 7) is 3.59. The van der Waals surface area contributed by atoms with E-state index >= 15 is 0 Å². The highest BCUT2D eigenvalue weighted by molar-refractivity contribution is 5.85. The zero-order valence-electron chi connectivity index (χ0n) is 8.80. The summed E-state index contributed by atoms with van der Waals surface area (Å²) in [7, 11) is 1.78. The van der Waals surface area contributed by atoms with Crippen LogP contribution in [0.5, 0.6) is 0 Å². The lowest BCUT2D eigenvalue weighted by Crippen LogP contribution is -2.53. The van der Waals surface area contributed by atoms with Crippen LogP contribution in [0, 0.1) is 0 Å². The molecule has 0 radical (unpaired) electrons. The van der Waals surface area contributed by atoms with Crippen molar-refractivity contribution in [3.8, 4) is 0 Å². The highest BCUT2D eigenvalue weighted by atomic mass is 35.5. The van der Waals surface area contributed by atoms with Crippen molar-refractivity contribution in [2.45, 2.75) is 31.8 Å². The number of likely N-dealkylation sites (N-methyl/N-ethyl adjacent to an activating group) is 1. The highest BCUT2D eigenvalue weighted by Crippen LogP contribution is 2.07. The van der Waals surface area contributed by atoms with Gasteiger partial charge in [0.15, 0.2) is 0 Å². The Bertz CT molecular complexity index is 177. The molecule has 2 unspecified atom stereocenters. The smallest absolute Gasteiger partial charge is 0.234 e. The van der Waals surface area contributed by atoms with E-state index in [1.165, 1.54) is 0 Å². The van der Waals surface area contributed by atoms with Gasteiger partial charge in [-0.2, -0.15) is 0 Å². The Labute approximate surface area is 91.6 Å². The molecule has 0 aliphatic carbocycles. The fourth-order valence-corrected chi connectivity index (χ4v) is 1.66. The fraction of sp³-hybridized carbons (Fsp3) is 0.889. The highest BCUT2D eigenvalue weighted by Gasteiger charge is 2.21. The molecule has 0 bridgehead atoms. The van der Waals surface area contributed by atoms with Crippen LogP contribution >= 0.6 is 12.4 Å². The number of carbonyl (C=O) groups is 1. The Morgan fingerprint density at radius 3 is 2.86 bits per heavy atom. The number of hydrogen-bond acceptors (Lipinski definition) is 3. The Morgan fingerprint density at radius 2 is 2.29 bits per heavy atom. The first-order chi connectivity index (χ1) is 6.24. The van der Waals surface area contributed by atoms with Gasteiger partial charge in [-0.15, -0.1) is 12.4 Å². The van der Waals surface area contributed by atoms with E-state index in [1.807, 2.05) is 0 Å². The molecular formula is C9H20ClN3O. The lowest BCUT2D eigenvalue weighted by Gasteiger charge is -2.30. The molecule has 84 valence electrons. The third-order valence-electron chi connectivity index (χ3n) is 2.45. The number of piperidine rings is 1. The first-order valence-corrected chi connectivity index (χ1v) is 4.91. The van der Waals surface area contributed by atoms with Gasteiger partial charge in [-0.25, -0.2) is 0 Å². The number of hydrogen-bond donors (Lipinski definition) is 3. The van der Waals surface area contributed by atoms with Gasteiger partial charge in [0.1, 0.15) is 0 Å². The van der Waals surface area contributed by atoms with Gasteiger partial charge in [-0.3, -0.25) is 4.79 Å². The summed E-state index contributed by atoms with van der Waals surface area (Å²) in [4.78, 5) is 11.3. The van der Waals surface area contributed by atoms with Crippen LogP contribution in [0.15, 0.2) is 0 Å². The summed E-state index contributed by atoms with van der Waals surface area (Å²) >= 11 is 0. The maximum Gasteiger partial charge on any atom is 0.234 e. The van der Waals surface area contributed by atoms with Crippen LogP contribution in [0.3, 0.4) is 0 Å². The minimum Gasteiger partial charge on any atom is -0.351 e. The molecule has 0 aromatic heterocycles. The van der Waals surface area contributed by atoms with Crippen molar-refractivity contribution in [3.05, 3.63) is 0 Å². The normalized spacial score (nSPS) is 26.4. The van der Waals surface area contributed by atoms with Crippen molar-refractivity contribution in [2.75, 3.05) is 20.1 Å². The molecule has 2 atom stereocenters. The lowest BCUT2D eigenvalue weighted by atomic mass is 10.00. The lowest BCUT2D eigenvalue weighted by molar-refractivity contribution is -0.121. The number of carbonyl (C=O) groups excluding carboxylic acids is 1. The van der Waals surface area contributed by atoms with Crippen LogP contribution in [-0.2, 0) is 4.79 Å². The van der Waals surface area contributed by atoms with Crippen LogP contribution in [0.2, 0.25) is 0 Å². The largest absolute Gasteiger partial charge is 0.351 e. The SMILES string of the molecule is CNCC(=O)NC1CCCNC1C.Cl. The average molecular weight is 222 g/mol. The maximum atomic E-state index is 11.3. The van der Waals surface area contributed by atoms with Gasteiger partial charge in [-0.05, 0) is 33.4 Å². The van der Waals surface area contributed by atoms with Crippen LogP contribution < -0.4 is 16.0 Å². The predicted molar refractivity (Wildman–Crippen MR) is 59.8 cm³/mol. The van der Waals surface area contributed by atoms with E-state index in [0.29, 0.717) is 18.6 Å². The molecule has 0 aromatic carbocycles. The van der Waals surface area contributed by atoms with Gasteiger partial charge >= 0.3 is 0 Å². The molecular weight excluding hydrogens is 202 g/mol. The van der Waals surface area contributed by atoms with Gasteiger partial charge < -0.3 is 16.0 Å². The van der Waals surface area contributed by atoms with Crippen molar-refractivity contribution < 1.29 is 4.79 Å². The standard InChI is InChI=1S/C9H19N3O.ClH/c1-7-8(4-3-5-11-7)12-9(13)6-10-2;/h7-8,10-11H,3-6H2,1-2H3,(H,12,13);1H. The average Bonchev–Trinajstić information content (AvgIpc) is 2.09. The van der Waals surface area contributed by atoms with Gasteiger partial charge in [0, 0.05) is 12.1 Å². The molecule has 1 fully saturated rings. The summed E-state index contributed by atoms with van der Waals surface area (Å²) in [5.74, 6) is 0.0862. The summed E-state index contributed by atoms with van der Waals surface area (Å²) < 4.78 is 0. The molecule has 1 saturated heterocycles. The Balaban J connectivity index is 0.00000169. The molecule has 5 heteroatoms. The third-order valence-corrected chi connectivity index (χ3v) is 2.45. The molecule has 3 N–H and O–H groups in total. The van der Waals surface area contributed by atoms with Gasteiger partial charge in [0.25, 0.3) is 0 Å². The van der Waals surface area contributed by atoms with Crippen molar-refractivity contribution >= 4 is 18.3 Å². The molecule has 0 spiro atoms. The Morgan fingerprint density at radius 1 is 1.57 bits per heavy atom.